The van der Waals surface area contributed by atoms with Crippen molar-refractivity contribution in [1.29, 1.82) is 0 Å². The molecule has 0 N–H and O–H groups in total. The molecule has 26 heavy (non-hydrogen) atoms. The van der Waals surface area contributed by atoms with Crippen LogP contribution in [-0.2, 0) is 13.1 Å². The third-order valence-electron chi connectivity index (χ3n) is 5.32. The largest absolute Gasteiger partial charge is 0.329 e. The highest BCUT2D eigenvalue weighted by Crippen LogP contribution is 2.30. The van der Waals surface area contributed by atoms with E-state index in [1.165, 1.54) is 44.3 Å². The van der Waals surface area contributed by atoms with Crippen LogP contribution >= 0.6 is 11.3 Å². The van der Waals surface area contributed by atoms with Crippen LogP contribution in [0.15, 0.2) is 35.8 Å². The smallest absolute Gasteiger partial charge is 0.254 e. The second-order valence-electron chi connectivity index (χ2n) is 7.48. The van der Waals surface area contributed by atoms with Gasteiger partial charge >= 0.3 is 0 Å². The molecule has 138 valence electrons. The van der Waals surface area contributed by atoms with Crippen molar-refractivity contribution in [2.45, 2.75) is 57.7 Å². The first-order chi connectivity index (χ1) is 12.8. The van der Waals surface area contributed by atoms with Gasteiger partial charge in [0.1, 0.15) is 5.01 Å². The van der Waals surface area contributed by atoms with Gasteiger partial charge in [0.15, 0.2) is 0 Å². The molecule has 5 heteroatoms. The van der Waals surface area contributed by atoms with E-state index < -0.39 is 0 Å². The van der Waals surface area contributed by atoms with Crippen molar-refractivity contribution in [1.82, 2.24) is 14.8 Å². The summed E-state index contributed by atoms with van der Waals surface area (Å²) in [6.45, 7) is 3.95. The maximum atomic E-state index is 13.1. The van der Waals surface area contributed by atoms with E-state index in [0.29, 0.717) is 12.6 Å². The minimum Gasteiger partial charge on any atom is -0.329 e. The molecule has 0 bridgehead atoms. The summed E-state index contributed by atoms with van der Waals surface area (Å²) in [7, 11) is 0. The number of amides is 1. The minimum absolute atomic E-state index is 0.153. The van der Waals surface area contributed by atoms with Gasteiger partial charge in [0.05, 0.1) is 6.54 Å². The van der Waals surface area contributed by atoms with E-state index in [-0.39, 0.29) is 5.91 Å². The van der Waals surface area contributed by atoms with E-state index in [4.69, 9.17) is 0 Å². The molecule has 1 saturated carbocycles. The first-order valence-electron chi connectivity index (χ1n) is 9.80. The number of rotatable bonds is 6. The van der Waals surface area contributed by atoms with Gasteiger partial charge < -0.3 is 4.90 Å². The number of hydrogen-bond acceptors (Lipinski definition) is 4. The maximum absolute atomic E-state index is 13.1. The SMILES string of the molecule is O=C(c1cccc(CN2CCCCCC2)c1)N(Cc1nccs1)C1CC1. The molecule has 2 aromatic rings. The molecule has 1 aromatic carbocycles. The average molecular weight is 370 g/mol. The van der Waals surface area contributed by atoms with Gasteiger partial charge in [0, 0.05) is 29.7 Å². The highest BCUT2D eigenvalue weighted by atomic mass is 32.1. The summed E-state index contributed by atoms with van der Waals surface area (Å²) >= 11 is 1.63. The molecule has 4 rings (SSSR count). The van der Waals surface area contributed by atoms with Gasteiger partial charge in [-0.25, -0.2) is 4.98 Å². The second kappa shape index (κ2) is 8.31. The Morgan fingerprint density at radius 3 is 2.69 bits per heavy atom. The van der Waals surface area contributed by atoms with Crippen LogP contribution in [0.5, 0.6) is 0 Å². The molecule has 1 aliphatic heterocycles. The average Bonchev–Trinajstić information content (AvgIpc) is 3.43. The van der Waals surface area contributed by atoms with Gasteiger partial charge in [-0.15, -0.1) is 11.3 Å². The molecule has 1 amide bonds. The molecule has 0 atom stereocenters. The van der Waals surface area contributed by atoms with E-state index in [0.717, 1.165) is 30.0 Å². The number of thiazole rings is 1. The lowest BCUT2D eigenvalue weighted by Gasteiger charge is -2.23. The van der Waals surface area contributed by atoms with Crippen molar-refractivity contribution in [3.63, 3.8) is 0 Å². The van der Waals surface area contributed by atoms with Crippen molar-refractivity contribution in [2.75, 3.05) is 13.1 Å². The number of nitrogens with zero attached hydrogens (tertiary/aromatic N) is 3. The van der Waals surface area contributed by atoms with Crippen molar-refractivity contribution >= 4 is 17.2 Å². The second-order valence-corrected chi connectivity index (χ2v) is 8.46. The van der Waals surface area contributed by atoms with Crippen molar-refractivity contribution in [3.05, 3.63) is 52.0 Å². The van der Waals surface area contributed by atoms with Crippen molar-refractivity contribution in [2.24, 2.45) is 0 Å². The Morgan fingerprint density at radius 2 is 2.00 bits per heavy atom. The summed E-state index contributed by atoms with van der Waals surface area (Å²) in [6.07, 6.45) is 9.33. The van der Waals surface area contributed by atoms with E-state index >= 15 is 0 Å². The van der Waals surface area contributed by atoms with E-state index in [9.17, 15) is 4.79 Å². The lowest BCUT2D eigenvalue weighted by Crippen LogP contribution is -2.32. The lowest BCUT2D eigenvalue weighted by molar-refractivity contribution is 0.0729. The third-order valence-corrected chi connectivity index (χ3v) is 6.08. The molecule has 1 saturated heterocycles. The Balaban J connectivity index is 1.46. The quantitative estimate of drug-likeness (QED) is 0.761. The molecule has 2 fully saturated rings. The Morgan fingerprint density at radius 1 is 1.19 bits per heavy atom. The molecule has 1 aromatic heterocycles. The van der Waals surface area contributed by atoms with Gasteiger partial charge in [0.25, 0.3) is 5.91 Å². The minimum atomic E-state index is 0.153. The number of hydrogen-bond donors (Lipinski definition) is 0. The summed E-state index contributed by atoms with van der Waals surface area (Å²) in [4.78, 5) is 22.1. The van der Waals surface area contributed by atoms with Crippen LogP contribution in [0.3, 0.4) is 0 Å². The number of aromatic nitrogens is 1. The number of likely N-dealkylation sites (tertiary alicyclic amines) is 1. The zero-order chi connectivity index (χ0) is 17.8. The molecule has 2 heterocycles. The summed E-state index contributed by atoms with van der Waals surface area (Å²) in [5.41, 5.74) is 2.07. The normalized spacial score (nSPS) is 18.5. The van der Waals surface area contributed by atoms with Crippen LogP contribution in [0.2, 0.25) is 0 Å². The third kappa shape index (κ3) is 4.51. The summed E-state index contributed by atoms with van der Waals surface area (Å²) in [5.74, 6) is 0.153. The topological polar surface area (TPSA) is 36.4 Å². The van der Waals surface area contributed by atoms with E-state index in [1.54, 1.807) is 11.3 Å². The lowest BCUT2D eigenvalue weighted by atomic mass is 10.1. The first-order valence-corrected chi connectivity index (χ1v) is 10.7. The molecular formula is C21H27N3OS. The summed E-state index contributed by atoms with van der Waals surface area (Å²) in [5, 5.41) is 3.00. The molecule has 1 aliphatic carbocycles. The van der Waals surface area contributed by atoms with Crippen LogP contribution in [0, 0.1) is 0 Å². The number of carbonyl (C=O) groups is 1. The number of benzene rings is 1. The Kier molecular flexibility index (Phi) is 5.65. The predicted octanol–water partition coefficient (Wildman–Crippen LogP) is 4.32. The zero-order valence-electron chi connectivity index (χ0n) is 15.3. The van der Waals surface area contributed by atoms with Gasteiger partial charge in [-0.05, 0) is 56.5 Å². The van der Waals surface area contributed by atoms with Gasteiger partial charge in [-0.1, -0.05) is 25.0 Å². The Hall–Kier alpha value is -1.72. The zero-order valence-corrected chi connectivity index (χ0v) is 16.1. The molecule has 4 nitrogen and oxygen atoms in total. The van der Waals surface area contributed by atoms with Crippen LogP contribution in [0.4, 0.5) is 0 Å². The standard InChI is InChI=1S/C21H27N3OS/c25-21(24(19-8-9-19)16-20-22-10-13-26-20)18-7-5-6-17(14-18)15-23-11-3-1-2-4-12-23/h5-7,10,13-14,19H,1-4,8-9,11-12,15-16H2. The van der Waals surface area contributed by atoms with Gasteiger partial charge in [-0.3, -0.25) is 9.69 Å². The summed E-state index contributed by atoms with van der Waals surface area (Å²) < 4.78 is 0. The number of carbonyl (C=O) groups excluding carboxylic acids is 1. The molecule has 2 aliphatic rings. The molecule has 0 unspecified atom stereocenters. The van der Waals surface area contributed by atoms with Crippen LogP contribution in [0.25, 0.3) is 0 Å². The summed E-state index contributed by atoms with van der Waals surface area (Å²) in [6, 6.07) is 8.65. The fraction of sp³-hybridized carbons (Fsp3) is 0.524. The highest BCUT2D eigenvalue weighted by molar-refractivity contribution is 7.09. The first kappa shape index (κ1) is 17.7. The highest BCUT2D eigenvalue weighted by Gasteiger charge is 2.33. The van der Waals surface area contributed by atoms with Gasteiger partial charge in [-0.2, -0.15) is 0 Å². The fourth-order valence-electron chi connectivity index (χ4n) is 3.75. The van der Waals surface area contributed by atoms with Gasteiger partial charge in [0.2, 0.25) is 0 Å². The van der Waals surface area contributed by atoms with Crippen molar-refractivity contribution in [3.8, 4) is 0 Å². The Bertz CT molecular complexity index is 719. The van der Waals surface area contributed by atoms with Crippen LogP contribution in [0.1, 0.15) is 59.5 Å². The van der Waals surface area contributed by atoms with Crippen LogP contribution in [-0.4, -0.2) is 39.8 Å². The maximum Gasteiger partial charge on any atom is 0.254 e. The van der Waals surface area contributed by atoms with E-state index in [2.05, 4.69) is 22.0 Å². The molecule has 0 radical (unpaired) electrons. The Labute approximate surface area is 159 Å². The van der Waals surface area contributed by atoms with E-state index in [1.807, 2.05) is 28.6 Å². The molecular weight excluding hydrogens is 342 g/mol. The predicted molar refractivity (Wildman–Crippen MR) is 105 cm³/mol. The van der Waals surface area contributed by atoms with Crippen molar-refractivity contribution < 1.29 is 4.79 Å². The monoisotopic (exact) mass is 369 g/mol. The van der Waals surface area contributed by atoms with Crippen LogP contribution < -0.4 is 0 Å². The fourth-order valence-corrected chi connectivity index (χ4v) is 4.36. The molecule has 0 spiro atoms.